The standard InChI is InChI=1S/C10H9ClN2OS3/c1-17(14)6-15-10-13-12-9(16-10)7-4-2-3-5-8(7)11/h2-5H,6H2,1H3. The molecule has 0 saturated carbocycles. The lowest BCUT2D eigenvalue weighted by Gasteiger charge is -1.96. The monoisotopic (exact) mass is 304 g/mol. The van der Waals surface area contributed by atoms with Crippen LogP contribution < -0.4 is 0 Å². The van der Waals surface area contributed by atoms with Crippen molar-refractivity contribution in [1.29, 1.82) is 0 Å². The smallest absolute Gasteiger partial charge is 0.175 e. The van der Waals surface area contributed by atoms with Crippen LogP contribution in [-0.4, -0.2) is 25.7 Å². The maximum Gasteiger partial charge on any atom is 0.175 e. The molecule has 0 saturated heterocycles. The van der Waals surface area contributed by atoms with Crippen LogP contribution in [0.2, 0.25) is 5.02 Å². The van der Waals surface area contributed by atoms with Gasteiger partial charge in [-0.3, -0.25) is 4.21 Å². The van der Waals surface area contributed by atoms with E-state index in [1.54, 1.807) is 6.26 Å². The minimum Gasteiger partial charge on any atom is -0.259 e. The maximum atomic E-state index is 11.0. The van der Waals surface area contributed by atoms with Gasteiger partial charge in [-0.1, -0.05) is 52.9 Å². The summed E-state index contributed by atoms with van der Waals surface area (Å²) in [6, 6.07) is 7.53. The highest BCUT2D eigenvalue weighted by molar-refractivity contribution is 8.11. The number of hydrogen-bond acceptors (Lipinski definition) is 5. The fourth-order valence-electron chi connectivity index (χ4n) is 1.14. The second-order valence-electron chi connectivity index (χ2n) is 3.19. The van der Waals surface area contributed by atoms with Crippen LogP contribution in [0.5, 0.6) is 0 Å². The molecular formula is C10H9ClN2OS3. The van der Waals surface area contributed by atoms with Gasteiger partial charge >= 0.3 is 0 Å². The van der Waals surface area contributed by atoms with E-state index in [2.05, 4.69) is 10.2 Å². The summed E-state index contributed by atoms with van der Waals surface area (Å²) in [5, 5.41) is 10.1. The zero-order valence-corrected chi connectivity index (χ0v) is 12.1. The normalized spacial score (nSPS) is 12.6. The molecule has 1 unspecified atom stereocenters. The molecule has 1 atom stereocenters. The molecule has 0 fully saturated rings. The van der Waals surface area contributed by atoms with Gasteiger partial charge in [-0.05, 0) is 6.07 Å². The molecule has 2 rings (SSSR count). The molecular weight excluding hydrogens is 296 g/mol. The first-order chi connectivity index (χ1) is 8.16. The number of benzene rings is 1. The van der Waals surface area contributed by atoms with Crippen molar-refractivity contribution in [3.05, 3.63) is 29.3 Å². The Morgan fingerprint density at radius 1 is 1.41 bits per heavy atom. The molecule has 17 heavy (non-hydrogen) atoms. The Kier molecular flexibility index (Phi) is 4.55. The number of hydrogen-bond donors (Lipinski definition) is 0. The molecule has 0 amide bonds. The van der Waals surface area contributed by atoms with Gasteiger partial charge in [-0.15, -0.1) is 10.2 Å². The maximum absolute atomic E-state index is 11.0. The van der Waals surface area contributed by atoms with Crippen LogP contribution in [-0.2, 0) is 10.8 Å². The Bertz CT molecular complexity index is 544. The molecule has 0 aliphatic carbocycles. The summed E-state index contributed by atoms with van der Waals surface area (Å²) in [4.78, 5) is 0. The molecule has 7 heteroatoms. The Labute approximate surface area is 115 Å². The molecule has 2 aromatic rings. The summed E-state index contributed by atoms with van der Waals surface area (Å²) in [6.45, 7) is 0. The van der Waals surface area contributed by atoms with Gasteiger partial charge in [0.1, 0.15) is 5.01 Å². The van der Waals surface area contributed by atoms with Gasteiger partial charge in [0.05, 0.1) is 10.1 Å². The average Bonchev–Trinajstić information content (AvgIpc) is 2.75. The molecule has 0 aliphatic heterocycles. The first-order valence-electron chi connectivity index (χ1n) is 4.68. The largest absolute Gasteiger partial charge is 0.259 e. The highest BCUT2D eigenvalue weighted by Crippen LogP contribution is 2.33. The second kappa shape index (κ2) is 5.95. The molecule has 0 aliphatic rings. The van der Waals surface area contributed by atoms with Crippen LogP contribution in [0.1, 0.15) is 0 Å². The Hall–Kier alpha value is -0.430. The van der Waals surface area contributed by atoms with E-state index in [1.807, 2.05) is 24.3 Å². The van der Waals surface area contributed by atoms with Crippen molar-refractivity contribution in [2.75, 3.05) is 11.3 Å². The average molecular weight is 305 g/mol. The van der Waals surface area contributed by atoms with Crippen molar-refractivity contribution in [2.45, 2.75) is 4.34 Å². The van der Waals surface area contributed by atoms with Crippen molar-refractivity contribution in [2.24, 2.45) is 0 Å². The summed E-state index contributed by atoms with van der Waals surface area (Å²) >= 11 is 8.99. The van der Waals surface area contributed by atoms with Gasteiger partial charge in [-0.2, -0.15) is 0 Å². The topological polar surface area (TPSA) is 42.9 Å². The SMILES string of the molecule is CS(=O)CSc1nnc(-c2ccccc2Cl)s1. The Morgan fingerprint density at radius 3 is 2.88 bits per heavy atom. The van der Waals surface area contributed by atoms with E-state index in [4.69, 9.17) is 11.6 Å². The van der Waals surface area contributed by atoms with Gasteiger partial charge in [0, 0.05) is 22.6 Å². The van der Waals surface area contributed by atoms with Crippen LogP contribution >= 0.6 is 34.7 Å². The quantitative estimate of drug-likeness (QED) is 0.813. The number of halogens is 1. The lowest BCUT2D eigenvalue weighted by Crippen LogP contribution is -1.87. The molecule has 3 nitrogen and oxygen atoms in total. The lowest BCUT2D eigenvalue weighted by molar-refractivity contribution is 0.689. The van der Waals surface area contributed by atoms with E-state index in [0.717, 1.165) is 14.9 Å². The molecule has 0 N–H and O–H groups in total. The van der Waals surface area contributed by atoms with Crippen LogP contribution in [0.15, 0.2) is 28.6 Å². The minimum absolute atomic E-state index is 0.539. The predicted octanol–water partition coefficient (Wildman–Crippen LogP) is 3.29. The van der Waals surface area contributed by atoms with E-state index in [9.17, 15) is 4.21 Å². The van der Waals surface area contributed by atoms with Crippen molar-refractivity contribution in [1.82, 2.24) is 10.2 Å². The summed E-state index contributed by atoms with van der Waals surface area (Å²) in [5.74, 6) is 0. The highest BCUT2D eigenvalue weighted by Gasteiger charge is 2.10. The number of rotatable bonds is 4. The van der Waals surface area contributed by atoms with E-state index in [-0.39, 0.29) is 0 Å². The van der Waals surface area contributed by atoms with Gasteiger partial charge < -0.3 is 0 Å². The fourth-order valence-corrected chi connectivity index (χ4v) is 4.11. The third-order valence-corrected chi connectivity index (χ3v) is 5.67. The van der Waals surface area contributed by atoms with Gasteiger partial charge in [0.25, 0.3) is 0 Å². The molecule has 0 spiro atoms. The number of nitrogens with zero attached hydrogens (tertiary/aromatic N) is 2. The fraction of sp³-hybridized carbons (Fsp3) is 0.200. The first kappa shape index (κ1) is 13.0. The first-order valence-corrected chi connectivity index (χ1v) is 8.59. The summed E-state index contributed by atoms with van der Waals surface area (Å²) in [7, 11) is -0.830. The highest BCUT2D eigenvalue weighted by atomic mass is 35.5. The van der Waals surface area contributed by atoms with Gasteiger partial charge in [0.15, 0.2) is 4.34 Å². The Morgan fingerprint density at radius 2 is 2.18 bits per heavy atom. The zero-order valence-electron chi connectivity index (χ0n) is 8.92. The second-order valence-corrected chi connectivity index (χ2v) is 7.60. The molecule has 1 heterocycles. The number of aromatic nitrogens is 2. The van der Waals surface area contributed by atoms with Crippen molar-refractivity contribution < 1.29 is 4.21 Å². The van der Waals surface area contributed by atoms with Crippen LogP contribution in [0.25, 0.3) is 10.6 Å². The van der Waals surface area contributed by atoms with Crippen LogP contribution in [0.3, 0.4) is 0 Å². The molecule has 1 aromatic carbocycles. The summed E-state index contributed by atoms with van der Waals surface area (Å²) < 4.78 is 11.8. The molecule has 0 radical (unpaired) electrons. The predicted molar refractivity (Wildman–Crippen MR) is 75.1 cm³/mol. The molecule has 1 aromatic heterocycles. The van der Waals surface area contributed by atoms with Crippen molar-refractivity contribution in [3.8, 4) is 10.6 Å². The lowest BCUT2D eigenvalue weighted by atomic mass is 10.2. The minimum atomic E-state index is -0.830. The zero-order chi connectivity index (χ0) is 12.3. The Balaban J connectivity index is 2.18. The third-order valence-electron chi connectivity index (χ3n) is 1.86. The third kappa shape index (κ3) is 3.51. The van der Waals surface area contributed by atoms with Crippen molar-refractivity contribution in [3.63, 3.8) is 0 Å². The van der Waals surface area contributed by atoms with Crippen LogP contribution in [0, 0.1) is 0 Å². The number of thioether (sulfide) groups is 1. The van der Waals surface area contributed by atoms with E-state index in [1.165, 1.54) is 23.1 Å². The molecule has 90 valence electrons. The summed E-state index contributed by atoms with van der Waals surface area (Å²) in [5.41, 5.74) is 0.885. The van der Waals surface area contributed by atoms with E-state index >= 15 is 0 Å². The van der Waals surface area contributed by atoms with Gasteiger partial charge in [0.2, 0.25) is 0 Å². The van der Waals surface area contributed by atoms with E-state index < -0.39 is 10.8 Å². The van der Waals surface area contributed by atoms with Crippen molar-refractivity contribution >= 4 is 45.5 Å². The van der Waals surface area contributed by atoms with E-state index in [0.29, 0.717) is 10.1 Å². The van der Waals surface area contributed by atoms with Crippen LogP contribution in [0.4, 0.5) is 0 Å². The van der Waals surface area contributed by atoms with Gasteiger partial charge in [-0.25, -0.2) is 0 Å². The molecule has 0 bridgehead atoms. The summed E-state index contributed by atoms with van der Waals surface area (Å²) in [6.07, 6.45) is 1.67.